The predicted octanol–water partition coefficient (Wildman–Crippen LogP) is 2.23. The van der Waals surface area contributed by atoms with E-state index in [4.69, 9.17) is 10.5 Å². The molecule has 4 atom stereocenters. The highest BCUT2D eigenvalue weighted by molar-refractivity contribution is 5.32. The van der Waals surface area contributed by atoms with Crippen LogP contribution in [0.4, 0.5) is 0 Å². The fraction of sp³-hybridized carbons (Fsp3) is 0.625. The van der Waals surface area contributed by atoms with Crippen LogP contribution in [-0.4, -0.2) is 23.9 Å². The van der Waals surface area contributed by atoms with Gasteiger partial charge in [0.1, 0.15) is 0 Å². The standard InChI is InChI=1S/C16H23NO2/c1-10-5-11(2)7-12(6-10)15(18)16(9-17)8-13-3-4-14(16)19-13/h5-7,13-15,18H,3-4,8-9,17H2,1-2H3. The summed E-state index contributed by atoms with van der Waals surface area (Å²) in [5, 5.41) is 10.9. The lowest BCUT2D eigenvalue weighted by atomic mass is 9.68. The summed E-state index contributed by atoms with van der Waals surface area (Å²) in [6, 6.07) is 6.27. The number of aliphatic hydroxyl groups is 1. The molecule has 0 aromatic heterocycles. The minimum absolute atomic E-state index is 0.123. The molecule has 2 fully saturated rings. The molecule has 2 aliphatic rings. The molecular formula is C16H23NO2. The maximum Gasteiger partial charge on any atom is 0.0884 e. The Morgan fingerprint density at radius 3 is 2.47 bits per heavy atom. The molecule has 0 aliphatic carbocycles. The van der Waals surface area contributed by atoms with E-state index in [0.717, 1.165) is 24.8 Å². The molecule has 4 unspecified atom stereocenters. The second kappa shape index (κ2) is 4.58. The Bertz CT molecular complexity index is 467. The molecule has 0 spiro atoms. The summed E-state index contributed by atoms with van der Waals surface area (Å²) < 4.78 is 5.94. The van der Waals surface area contributed by atoms with Crippen molar-refractivity contribution in [2.75, 3.05) is 6.54 Å². The van der Waals surface area contributed by atoms with Crippen molar-refractivity contribution in [1.29, 1.82) is 0 Å². The number of aliphatic hydroxyl groups excluding tert-OH is 1. The van der Waals surface area contributed by atoms with Crippen LogP contribution in [0.3, 0.4) is 0 Å². The zero-order valence-corrected chi connectivity index (χ0v) is 11.7. The van der Waals surface area contributed by atoms with Crippen LogP contribution in [0.2, 0.25) is 0 Å². The summed E-state index contributed by atoms with van der Waals surface area (Å²) in [5.41, 5.74) is 9.10. The lowest BCUT2D eigenvalue weighted by Crippen LogP contribution is -2.44. The number of benzene rings is 1. The molecule has 104 valence electrons. The molecule has 2 saturated heterocycles. The Labute approximate surface area is 114 Å². The van der Waals surface area contributed by atoms with Gasteiger partial charge in [0.2, 0.25) is 0 Å². The fourth-order valence-electron chi connectivity index (χ4n) is 3.95. The number of ether oxygens (including phenoxy) is 1. The lowest BCUT2D eigenvalue weighted by Gasteiger charge is -2.38. The fourth-order valence-corrected chi connectivity index (χ4v) is 3.95. The van der Waals surface area contributed by atoms with Crippen molar-refractivity contribution in [3.8, 4) is 0 Å². The van der Waals surface area contributed by atoms with E-state index in [1.807, 2.05) is 0 Å². The quantitative estimate of drug-likeness (QED) is 0.877. The highest BCUT2D eigenvalue weighted by Crippen LogP contribution is 2.53. The summed E-state index contributed by atoms with van der Waals surface area (Å²) in [6.45, 7) is 4.62. The van der Waals surface area contributed by atoms with Crippen molar-refractivity contribution in [2.45, 2.75) is 51.4 Å². The van der Waals surface area contributed by atoms with Crippen molar-refractivity contribution in [3.05, 3.63) is 34.9 Å². The molecule has 3 heteroatoms. The van der Waals surface area contributed by atoms with E-state index in [0.29, 0.717) is 12.6 Å². The van der Waals surface area contributed by atoms with Crippen molar-refractivity contribution < 1.29 is 9.84 Å². The number of fused-ring (bicyclic) bond motifs is 2. The highest BCUT2D eigenvalue weighted by Gasteiger charge is 2.55. The molecule has 2 bridgehead atoms. The summed E-state index contributed by atoms with van der Waals surface area (Å²) in [4.78, 5) is 0. The second-order valence-electron chi connectivity index (χ2n) is 6.29. The van der Waals surface area contributed by atoms with Gasteiger partial charge in [-0.15, -0.1) is 0 Å². The van der Waals surface area contributed by atoms with Gasteiger partial charge in [-0.3, -0.25) is 0 Å². The first kappa shape index (κ1) is 13.1. The van der Waals surface area contributed by atoms with Crippen molar-refractivity contribution in [3.63, 3.8) is 0 Å². The average Bonchev–Trinajstić information content (AvgIpc) is 2.97. The van der Waals surface area contributed by atoms with Gasteiger partial charge in [-0.05, 0) is 38.7 Å². The Morgan fingerprint density at radius 2 is 2.00 bits per heavy atom. The molecule has 1 aromatic carbocycles. The number of hydrogen-bond acceptors (Lipinski definition) is 3. The van der Waals surface area contributed by atoms with Crippen molar-refractivity contribution in [1.82, 2.24) is 0 Å². The first-order valence-electron chi connectivity index (χ1n) is 7.17. The number of rotatable bonds is 3. The van der Waals surface area contributed by atoms with Crippen LogP contribution in [-0.2, 0) is 4.74 Å². The maximum absolute atomic E-state index is 10.9. The molecule has 1 aromatic rings. The molecule has 0 amide bonds. The van der Waals surface area contributed by atoms with Crippen LogP contribution in [0.25, 0.3) is 0 Å². The van der Waals surface area contributed by atoms with Crippen LogP contribution >= 0.6 is 0 Å². The summed E-state index contributed by atoms with van der Waals surface area (Å²) >= 11 is 0. The van der Waals surface area contributed by atoms with E-state index in [2.05, 4.69) is 32.0 Å². The topological polar surface area (TPSA) is 55.5 Å². The summed E-state index contributed by atoms with van der Waals surface area (Å²) in [5.74, 6) is 0. The molecule has 3 rings (SSSR count). The van der Waals surface area contributed by atoms with Gasteiger partial charge < -0.3 is 15.6 Å². The third kappa shape index (κ3) is 2.00. The molecule has 3 N–H and O–H groups in total. The van der Waals surface area contributed by atoms with Gasteiger partial charge in [0.15, 0.2) is 0 Å². The Hall–Kier alpha value is -0.900. The maximum atomic E-state index is 10.9. The molecule has 2 heterocycles. The van der Waals surface area contributed by atoms with E-state index in [9.17, 15) is 5.11 Å². The van der Waals surface area contributed by atoms with E-state index < -0.39 is 6.10 Å². The van der Waals surface area contributed by atoms with Gasteiger partial charge in [-0.25, -0.2) is 0 Å². The normalized spacial score (nSPS) is 34.7. The summed E-state index contributed by atoms with van der Waals surface area (Å²) in [6.07, 6.45) is 2.94. The van der Waals surface area contributed by atoms with Crippen molar-refractivity contribution in [2.24, 2.45) is 11.1 Å². The average molecular weight is 261 g/mol. The van der Waals surface area contributed by atoms with Crippen LogP contribution < -0.4 is 5.73 Å². The van der Waals surface area contributed by atoms with Gasteiger partial charge in [-0.1, -0.05) is 29.3 Å². The molecule has 0 radical (unpaired) electrons. The number of aryl methyl sites for hydroxylation is 2. The van der Waals surface area contributed by atoms with Gasteiger partial charge in [0, 0.05) is 12.0 Å². The molecule has 19 heavy (non-hydrogen) atoms. The smallest absolute Gasteiger partial charge is 0.0884 e. The van der Waals surface area contributed by atoms with Crippen molar-refractivity contribution >= 4 is 0 Å². The van der Waals surface area contributed by atoms with E-state index >= 15 is 0 Å². The summed E-state index contributed by atoms with van der Waals surface area (Å²) in [7, 11) is 0. The Morgan fingerprint density at radius 1 is 1.32 bits per heavy atom. The monoisotopic (exact) mass is 261 g/mol. The zero-order chi connectivity index (χ0) is 13.6. The molecule has 2 aliphatic heterocycles. The SMILES string of the molecule is Cc1cc(C)cc(C(O)C2(CN)CC3CCC2O3)c1. The predicted molar refractivity (Wildman–Crippen MR) is 74.9 cm³/mol. The number of nitrogens with two attached hydrogens (primary N) is 1. The van der Waals surface area contributed by atoms with Crippen LogP contribution in [0, 0.1) is 19.3 Å². The van der Waals surface area contributed by atoms with E-state index in [-0.39, 0.29) is 11.5 Å². The van der Waals surface area contributed by atoms with Gasteiger partial charge in [0.25, 0.3) is 0 Å². The molecule has 3 nitrogen and oxygen atoms in total. The second-order valence-corrected chi connectivity index (χ2v) is 6.29. The Kier molecular flexibility index (Phi) is 3.16. The van der Waals surface area contributed by atoms with Crippen LogP contribution in [0.15, 0.2) is 18.2 Å². The van der Waals surface area contributed by atoms with Crippen LogP contribution in [0.1, 0.15) is 42.1 Å². The van der Waals surface area contributed by atoms with Crippen LogP contribution in [0.5, 0.6) is 0 Å². The largest absolute Gasteiger partial charge is 0.388 e. The molecular weight excluding hydrogens is 238 g/mol. The zero-order valence-electron chi connectivity index (χ0n) is 11.7. The van der Waals surface area contributed by atoms with Gasteiger partial charge >= 0.3 is 0 Å². The first-order valence-corrected chi connectivity index (χ1v) is 7.17. The third-order valence-corrected chi connectivity index (χ3v) is 4.84. The van der Waals surface area contributed by atoms with Gasteiger partial charge in [-0.2, -0.15) is 0 Å². The van der Waals surface area contributed by atoms with Gasteiger partial charge in [0.05, 0.1) is 18.3 Å². The highest BCUT2D eigenvalue weighted by atomic mass is 16.5. The minimum Gasteiger partial charge on any atom is -0.388 e. The van der Waals surface area contributed by atoms with E-state index in [1.54, 1.807) is 0 Å². The third-order valence-electron chi connectivity index (χ3n) is 4.84. The Balaban J connectivity index is 1.95. The number of hydrogen-bond donors (Lipinski definition) is 2. The lowest BCUT2D eigenvalue weighted by molar-refractivity contribution is -0.0264. The molecule has 0 saturated carbocycles. The first-order chi connectivity index (χ1) is 9.05. The minimum atomic E-state index is -0.522. The van der Waals surface area contributed by atoms with E-state index in [1.165, 1.54) is 11.1 Å².